The summed E-state index contributed by atoms with van der Waals surface area (Å²) in [5.74, 6) is 0.730. The number of methoxy groups -OCH3 is 1. The summed E-state index contributed by atoms with van der Waals surface area (Å²) < 4.78 is 4.80. The van der Waals surface area contributed by atoms with Gasteiger partial charge < -0.3 is 4.74 Å². The van der Waals surface area contributed by atoms with E-state index in [-0.39, 0.29) is 11.9 Å². The van der Waals surface area contributed by atoms with Gasteiger partial charge in [0.05, 0.1) is 24.9 Å². The molecular weight excluding hydrogens is 228 g/mol. The number of esters is 1. The lowest BCUT2D eigenvalue weighted by atomic mass is 9.79. The van der Waals surface area contributed by atoms with Crippen LogP contribution in [-0.4, -0.2) is 23.3 Å². The Labute approximate surface area is 108 Å². The van der Waals surface area contributed by atoms with Crippen molar-refractivity contribution in [2.45, 2.75) is 39.0 Å². The van der Waals surface area contributed by atoms with Crippen LogP contribution in [0.2, 0.25) is 0 Å². The summed E-state index contributed by atoms with van der Waals surface area (Å²) >= 11 is 0. The molecule has 1 saturated carbocycles. The predicted molar refractivity (Wildman–Crippen MR) is 67.9 cm³/mol. The Morgan fingerprint density at radius 2 is 2.11 bits per heavy atom. The number of nitrogens with zero attached hydrogens (tertiary/aromatic N) is 2. The van der Waals surface area contributed by atoms with Crippen LogP contribution >= 0.6 is 0 Å². The van der Waals surface area contributed by atoms with Crippen molar-refractivity contribution in [2.75, 3.05) is 7.11 Å². The van der Waals surface area contributed by atoms with E-state index in [0.717, 1.165) is 37.8 Å². The zero-order valence-electron chi connectivity index (χ0n) is 11.1. The molecule has 0 unspecified atom stereocenters. The quantitative estimate of drug-likeness (QED) is 0.770. The van der Waals surface area contributed by atoms with Gasteiger partial charge in [-0.3, -0.25) is 4.79 Å². The fourth-order valence-electron chi connectivity index (χ4n) is 2.74. The molecule has 1 aromatic heterocycles. The maximum Gasteiger partial charge on any atom is 0.308 e. The minimum absolute atomic E-state index is 0.0464. The van der Waals surface area contributed by atoms with Gasteiger partial charge in [-0.25, -0.2) is 0 Å². The summed E-state index contributed by atoms with van der Waals surface area (Å²) in [7, 11) is 1.47. The molecule has 4 nitrogen and oxygen atoms in total. The van der Waals surface area contributed by atoms with Crippen molar-refractivity contribution in [3.05, 3.63) is 23.5 Å². The highest BCUT2D eigenvalue weighted by atomic mass is 16.5. The van der Waals surface area contributed by atoms with Crippen molar-refractivity contribution in [3.8, 4) is 0 Å². The van der Waals surface area contributed by atoms with Crippen molar-refractivity contribution < 1.29 is 9.53 Å². The van der Waals surface area contributed by atoms with E-state index >= 15 is 0 Å². The number of ether oxygens (including phenoxy) is 1. The third kappa shape index (κ3) is 3.28. The van der Waals surface area contributed by atoms with Gasteiger partial charge in [0.2, 0.25) is 0 Å². The summed E-state index contributed by atoms with van der Waals surface area (Å²) in [5.41, 5.74) is 2.22. The van der Waals surface area contributed by atoms with E-state index in [9.17, 15) is 4.79 Å². The molecular formula is C14H20N2O2. The number of aryl methyl sites for hydroxylation is 1. The average Bonchev–Trinajstić information content (AvgIpc) is 2.39. The van der Waals surface area contributed by atoms with Gasteiger partial charge in [0.1, 0.15) is 0 Å². The normalized spacial score (nSPS) is 23.7. The summed E-state index contributed by atoms with van der Waals surface area (Å²) in [6, 6.07) is 2.10. The molecule has 0 radical (unpaired) electrons. The molecule has 1 aliphatic rings. The standard InChI is InChI=1S/C14H20N2O2/c1-10-7-12(9-15-16-10)8-11-3-5-13(6-4-11)14(17)18-2/h7,9,11,13H,3-6,8H2,1-2H3. The van der Waals surface area contributed by atoms with Gasteiger partial charge in [0, 0.05) is 0 Å². The molecule has 1 aromatic rings. The van der Waals surface area contributed by atoms with Crippen LogP contribution in [0, 0.1) is 18.8 Å². The smallest absolute Gasteiger partial charge is 0.308 e. The van der Waals surface area contributed by atoms with Crippen molar-refractivity contribution in [1.82, 2.24) is 10.2 Å². The Bertz CT molecular complexity index is 412. The minimum Gasteiger partial charge on any atom is -0.469 e. The van der Waals surface area contributed by atoms with Gasteiger partial charge in [-0.2, -0.15) is 10.2 Å². The molecule has 0 N–H and O–H groups in total. The molecule has 0 bridgehead atoms. The lowest BCUT2D eigenvalue weighted by Gasteiger charge is -2.26. The molecule has 98 valence electrons. The van der Waals surface area contributed by atoms with E-state index in [1.165, 1.54) is 12.7 Å². The number of rotatable bonds is 3. The first-order valence-electron chi connectivity index (χ1n) is 6.55. The molecule has 18 heavy (non-hydrogen) atoms. The SMILES string of the molecule is COC(=O)C1CCC(Cc2cnnc(C)c2)CC1. The molecule has 0 aromatic carbocycles. The Balaban J connectivity index is 1.85. The van der Waals surface area contributed by atoms with Gasteiger partial charge in [0.25, 0.3) is 0 Å². The van der Waals surface area contributed by atoms with Crippen LogP contribution in [0.25, 0.3) is 0 Å². The molecule has 1 aliphatic carbocycles. The van der Waals surface area contributed by atoms with Crippen molar-refractivity contribution in [3.63, 3.8) is 0 Å². The highest BCUT2D eigenvalue weighted by Gasteiger charge is 2.26. The number of carbonyl (C=O) groups excluding carboxylic acids is 1. The van der Waals surface area contributed by atoms with Gasteiger partial charge in [0.15, 0.2) is 0 Å². The largest absolute Gasteiger partial charge is 0.469 e. The first kappa shape index (κ1) is 13.0. The molecule has 0 atom stereocenters. The zero-order chi connectivity index (χ0) is 13.0. The Morgan fingerprint density at radius 1 is 1.39 bits per heavy atom. The number of hydrogen-bond acceptors (Lipinski definition) is 4. The van der Waals surface area contributed by atoms with Crippen molar-refractivity contribution in [1.29, 1.82) is 0 Å². The van der Waals surface area contributed by atoms with Crippen molar-refractivity contribution in [2.24, 2.45) is 11.8 Å². The summed E-state index contributed by atoms with van der Waals surface area (Å²) in [4.78, 5) is 11.4. The molecule has 1 heterocycles. The molecule has 0 spiro atoms. The Hall–Kier alpha value is -1.45. The van der Waals surface area contributed by atoms with E-state index in [2.05, 4.69) is 16.3 Å². The highest BCUT2D eigenvalue weighted by Crippen LogP contribution is 2.31. The van der Waals surface area contributed by atoms with E-state index in [0.29, 0.717) is 5.92 Å². The van der Waals surface area contributed by atoms with E-state index < -0.39 is 0 Å². The number of aromatic nitrogens is 2. The fourth-order valence-corrected chi connectivity index (χ4v) is 2.74. The van der Waals surface area contributed by atoms with E-state index in [1.807, 2.05) is 13.1 Å². The summed E-state index contributed by atoms with van der Waals surface area (Å²) in [6.07, 6.45) is 7.00. The first-order valence-corrected chi connectivity index (χ1v) is 6.55. The van der Waals surface area contributed by atoms with Gasteiger partial charge in [-0.1, -0.05) is 0 Å². The molecule has 0 aliphatic heterocycles. The second-order valence-electron chi connectivity index (χ2n) is 5.15. The average molecular weight is 248 g/mol. The van der Waals surface area contributed by atoms with Crippen LogP contribution in [0.15, 0.2) is 12.3 Å². The molecule has 4 heteroatoms. The highest BCUT2D eigenvalue weighted by molar-refractivity contribution is 5.72. The lowest BCUT2D eigenvalue weighted by Crippen LogP contribution is -2.23. The lowest BCUT2D eigenvalue weighted by molar-refractivity contribution is -0.146. The molecule has 0 amide bonds. The Kier molecular flexibility index (Phi) is 4.28. The molecule has 1 fully saturated rings. The minimum atomic E-state index is -0.0464. The van der Waals surface area contributed by atoms with Crippen LogP contribution in [0.1, 0.15) is 36.9 Å². The van der Waals surface area contributed by atoms with Crippen LogP contribution in [0.4, 0.5) is 0 Å². The van der Waals surface area contributed by atoms with Crippen molar-refractivity contribution >= 4 is 5.97 Å². The maximum atomic E-state index is 11.4. The maximum absolute atomic E-state index is 11.4. The van der Waals surface area contributed by atoms with Gasteiger partial charge in [-0.15, -0.1) is 0 Å². The zero-order valence-corrected chi connectivity index (χ0v) is 11.1. The predicted octanol–water partition coefficient (Wildman–Crippen LogP) is 2.31. The molecule has 0 saturated heterocycles. The first-order chi connectivity index (χ1) is 8.69. The Morgan fingerprint density at radius 3 is 2.72 bits per heavy atom. The topological polar surface area (TPSA) is 52.1 Å². The van der Waals surface area contributed by atoms with Gasteiger partial charge >= 0.3 is 5.97 Å². The fraction of sp³-hybridized carbons (Fsp3) is 0.643. The van der Waals surface area contributed by atoms with Gasteiger partial charge in [-0.05, 0) is 56.6 Å². The van der Waals surface area contributed by atoms with Crippen LogP contribution in [0.5, 0.6) is 0 Å². The molecule has 2 rings (SSSR count). The second-order valence-corrected chi connectivity index (χ2v) is 5.15. The summed E-state index contributed by atoms with van der Waals surface area (Å²) in [6.45, 7) is 1.96. The summed E-state index contributed by atoms with van der Waals surface area (Å²) in [5, 5.41) is 7.95. The third-order valence-electron chi connectivity index (χ3n) is 3.74. The van der Waals surface area contributed by atoms with E-state index in [4.69, 9.17) is 4.74 Å². The van der Waals surface area contributed by atoms with E-state index in [1.54, 1.807) is 0 Å². The van der Waals surface area contributed by atoms with Crippen LogP contribution in [0.3, 0.4) is 0 Å². The number of hydrogen-bond donors (Lipinski definition) is 0. The second kappa shape index (κ2) is 5.94. The number of carbonyl (C=O) groups is 1. The third-order valence-corrected chi connectivity index (χ3v) is 3.74. The monoisotopic (exact) mass is 248 g/mol. The van der Waals surface area contributed by atoms with Crippen LogP contribution < -0.4 is 0 Å². The van der Waals surface area contributed by atoms with Crippen LogP contribution in [-0.2, 0) is 16.0 Å².